The zero-order chi connectivity index (χ0) is 21.5. The van der Waals surface area contributed by atoms with Gasteiger partial charge in [-0.15, -0.1) is 0 Å². The van der Waals surface area contributed by atoms with Crippen LogP contribution in [-0.4, -0.2) is 67.6 Å². The molecule has 0 bridgehead atoms. The third-order valence-electron chi connectivity index (χ3n) is 3.73. The molecule has 7 nitrogen and oxygen atoms in total. The lowest BCUT2D eigenvalue weighted by Gasteiger charge is -2.08. The van der Waals surface area contributed by atoms with Crippen molar-refractivity contribution in [3.8, 4) is 0 Å². The standard InChI is InChI=1S/C21H28N6OS/c1-5-21(29)20(26-24-10-11-25-27(3)6-2)13-17-8-7-9-18(12-17)15-23-16-19(14-22)28-4/h5-9,11-12,14-15,19,22,24H,1-2,10,13,16H2,3-4H3/b22-14?,23-15?,25-11-,26-20-. The average Bonchev–Trinajstić information content (AvgIpc) is 2.75. The fourth-order valence-corrected chi connectivity index (χ4v) is 2.25. The van der Waals surface area contributed by atoms with Gasteiger partial charge in [0.05, 0.1) is 23.7 Å². The van der Waals surface area contributed by atoms with Gasteiger partial charge in [-0.25, -0.2) is 0 Å². The second-order valence-corrected chi connectivity index (χ2v) is 6.34. The molecule has 0 aliphatic heterocycles. The molecule has 0 aromatic heterocycles. The summed E-state index contributed by atoms with van der Waals surface area (Å²) in [6.45, 7) is 8.24. The molecule has 1 atom stereocenters. The van der Waals surface area contributed by atoms with Gasteiger partial charge in [0.1, 0.15) is 6.10 Å². The Morgan fingerprint density at radius 3 is 2.86 bits per heavy atom. The number of hydrazone groups is 2. The molecule has 0 fully saturated rings. The lowest BCUT2D eigenvalue weighted by atomic mass is 10.0. The van der Waals surface area contributed by atoms with Gasteiger partial charge < -0.3 is 15.6 Å². The van der Waals surface area contributed by atoms with Crippen LogP contribution in [0.1, 0.15) is 11.1 Å². The fourth-order valence-electron chi connectivity index (χ4n) is 2.13. The highest BCUT2D eigenvalue weighted by molar-refractivity contribution is 7.82. The van der Waals surface area contributed by atoms with Gasteiger partial charge in [-0.05, 0) is 23.3 Å². The summed E-state index contributed by atoms with van der Waals surface area (Å²) in [7, 11) is 3.36. The van der Waals surface area contributed by atoms with E-state index in [1.54, 1.807) is 43.9 Å². The third-order valence-corrected chi connectivity index (χ3v) is 4.13. The number of aliphatic imine (C=N–C) groups is 1. The first-order valence-corrected chi connectivity index (χ1v) is 9.41. The molecule has 0 saturated carbocycles. The molecule has 1 aromatic rings. The lowest BCUT2D eigenvalue weighted by Crippen LogP contribution is -2.20. The molecular formula is C21H28N6OS. The third kappa shape index (κ3) is 9.68. The van der Waals surface area contributed by atoms with Crippen molar-refractivity contribution < 1.29 is 4.74 Å². The van der Waals surface area contributed by atoms with Crippen LogP contribution in [0.25, 0.3) is 0 Å². The van der Waals surface area contributed by atoms with E-state index in [4.69, 9.17) is 22.4 Å². The van der Waals surface area contributed by atoms with Crippen molar-refractivity contribution in [2.45, 2.75) is 12.5 Å². The summed E-state index contributed by atoms with van der Waals surface area (Å²) in [5, 5.41) is 17.4. The van der Waals surface area contributed by atoms with E-state index in [-0.39, 0.29) is 6.10 Å². The zero-order valence-corrected chi connectivity index (χ0v) is 17.7. The maximum atomic E-state index is 7.25. The first kappa shape index (κ1) is 24.1. The Bertz CT molecular complexity index is 787. The van der Waals surface area contributed by atoms with Crippen LogP contribution in [0.5, 0.6) is 0 Å². The van der Waals surface area contributed by atoms with Crippen LogP contribution in [0.15, 0.2) is 64.9 Å². The van der Waals surface area contributed by atoms with E-state index in [9.17, 15) is 0 Å². The molecule has 1 unspecified atom stereocenters. The van der Waals surface area contributed by atoms with Crippen LogP contribution in [0.4, 0.5) is 0 Å². The summed E-state index contributed by atoms with van der Waals surface area (Å²) < 4.78 is 5.11. The molecule has 0 saturated heterocycles. The predicted molar refractivity (Wildman–Crippen MR) is 127 cm³/mol. The number of allylic oxidation sites excluding steroid dienone is 1. The Hall–Kier alpha value is -2.97. The number of benzene rings is 1. The molecule has 154 valence electrons. The van der Waals surface area contributed by atoms with Gasteiger partial charge in [-0.2, -0.15) is 10.2 Å². The van der Waals surface area contributed by atoms with Crippen molar-refractivity contribution in [2.24, 2.45) is 15.2 Å². The largest absolute Gasteiger partial charge is 0.374 e. The van der Waals surface area contributed by atoms with Gasteiger partial charge in [0.2, 0.25) is 0 Å². The number of thiocarbonyl (C=S) groups is 1. The molecule has 0 amide bonds. The first-order chi connectivity index (χ1) is 14.0. The van der Waals surface area contributed by atoms with Crippen LogP contribution in [-0.2, 0) is 11.2 Å². The van der Waals surface area contributed by atoms with Crippen molar-refractivity contribution in [3.63, 3.8) is 0 Å². The molecule has 0 radical (unpaired) electrons. The van der Waals surface area contributed by atoms with E-state index in [1.807, 2.05) is 24.3 Å². The molecule has 0 spiro atoms. The zero-order valence-electron chi connectivity index (χ0n) is 16.9. The smallest absolute Gasteiger partial charge is 0.111 e. The maximum absolute atomic E-state index is 7.25. The Morgan fingerprint density at radius 2 is 2.21 bits per heavy atom. The summed E-state index contributed by atoms with van der Waals surface area (Å²) in [6.07, 6.45) is 8.17. The van der Waals surface area contributed by atoms with Gasteiger partial charge in [-0.3, -0.25) is 10.0 Å². The molecule has 1 rings (SSSR count). The molecule has 2 N–H and O–H groups in total. The van der Waals surface area contributed by atoms with E-state index in [1.165, 1.54) is 6.21 Å². The average molecular weight is 413 g/mol. The van der Waals surface area contributed by atoms with Gasteiger partial charge in [0.25, 0.3) is 0 Å². The molecule has 29 heavy (non-hydrogen) atoms. The number of ether oxygens (including phenoxy) is 1. The number of rotatable bonds is 14. The second kappa shape index (κ2) is 14.1. The molecule has 0 aliphatic carbocycles. The summed E-state index contributed by atoms with van der Waals surface area (Å²) in [6, 6.07) is 7.96. The van der Waals surface area contributed by atoms with E-state index >= 15 is 0 Å². The second-order valence-electron chi connectivity index (χ2n) is 5.90. The molecule has 0 heterocycles. The van der Waals surface area contributed by atoms with Crippen LogP contribution in [0, 0.1) is 5.41 Å². The van der Waals surface area contributed by atoms with Crippen molar-refractivity contribution in [2.75, 3.05) is 27.2 Å². The fraction of sp³-hybridized carbons (Fsp3) is 0.286. The monoisotopic (exact) mass is 412 g/mol. The Kier molecular flexibility index (Phi) is 11.7. The van der Waals surface area contributed by atoms with E-state index in [2.05, 4.69) is 33.8 Å². The predicted octanol–water partition coefficient (Wildman–Crippen LogP) is 2.88. The Balaban J connectivity index is 2.80. The van der Waals surface area contributed by atoms with E-state index in [0.717, 1.165) is 16.8 Å². The van der Waals surface area contributed by atoms with Crippen molar-refractivity contribution in [1.82, 2.24) is 10.4 Å². The van der Waals surface area contributed by atoms with Crippen molar-refractivity contribution in [3.05, 3.63) is 60.8 Å². The number of hydrogen-bond acceptors (Lipinski definition) is 8. The normalized spacial score (nSPS) is 12.7. The Morgan fingerprint density at radius 1 is 1.41 bits per heavy atom. The van der Waals surface area contributed by atoms with Crippen LogP contribution >= 0.6 is 12.2 Å². The number of hydrogen-bond donors (Lipinski definition) is 2. The van der Waals surface area contributed by atoms with Crippen LogP contribution in [0.2, 0.25) is 0 Å². The van der Waals surface area contributed by atoms with Gasteiger partial charge in [-0.1, -0.05) is 43.6 Å². The first-order valence-electron chi connectivity index (χ1n) is 9.00. The Labute approximate surface area is 178 Å². The molecular weight excluding hydrogens is 384 g/mol. The summed E-state index contributed by atoms with van der Waals surface area (Å²) >= 11 is 5.37. The minimum atomic E-state index is -0.306. The summed E-state index contributed by atoms with van der Waals surface area (Å²) in [5.74, 6) is 0. The van der Waals surface area contributed by atoms with E-state index < -0.39 is 0 Å². The minimum Gasteiger partial charge on any atom is -0.374 e. The van der Waals surface area contributed by atoms with Gasteiger partial charge >= 0.3 is 0 Å². The van der Waals surface area contributed by atoms with Crippen molar-refractivity contribution >= 4 is 41.4 Å². The highest BCUT2D eigenvalue weighted by atomic mass is 32.1. The SMILES string of the molecule is C=CC(=S)/C(Cc1cccc(C=NCC(C=N)OC)c1)=N\NC/C=N\N(C)C=C. The number of nitrogens with zero attached hydrogens (tertiary/aromatic N) is 4. The van der Waals surface area contributed by atoms with Crippen molar-refractivity contribution in [1.29, 1.82) is 5.41 Å². The molecule has 1 aromatic carbocycles. The summed E-state index contributed by atoms with van der Waals surface area (Å²) in [4.78, 5) is 4.92. The topological polar surface area (TPSA) is 85.4 Å². The highest BCUT2D eigenvalue weighted by Gasteiger charge is 2.06. The van der Waals surface area contributed by atoms with Crippen LogP contribution in [0.3, 0.4) is 0 Å². The lowest BCUT2D eigenvalue weighted by molar-refractivity contribution is 0.166. The van der Waals surface area contributed by atoms with Crippen LogP contribution < -0.4 is 5.43 Å². The quantitative estimate of drug-likeness (QED) is 0.162. The summed E-state index contributed by atoms with van der Waals surface area (Å²) in [5.41, 5.74) is 5.68. The van der Waals surface area contributed by atoms with Gasteiger partial charge in [0, 0.05) is 45.4 Å². The maximum Gasteiger partial charge on any atom is 0.111 e. The minimum absolute atomic E-state index is 0.306. The number of methoxy groups -OCH3 is 1. The molecule has 8 heteroatoms. The highest BCUT2D eigenvalue weighted by Crippen LogP contribution is 2.07. The van der Waals surface area contributed by atoms with E-state index in [0.29, 0.717) is 24.4 Å². The van der Waals surface area contributed by atoms with Gasteiger partial charge in [0.15, 0.2) is 0 Å². The molecule has 0 aliphatic rings. The number of nitrogens with one attached hydrogen (secondary N) is 2.